The third kappa shape index (κ3) is 57.2. The first-order valence-electron chi connectivity index (χ1n) is 31.2. The largest absolute Gasteiger partial charge is 0.756 e. The summed E-state index contributed by atoms with van der Waals surface area (Å²) in [6.45, 7) is 6.66. The van der Waals surface area contributed by atoms with Crippen LogP contribution in [0, 0.1) is 0 Å². The lowest BCUT2D eigenvalue weighted by atomic mass is 10.0. The van der Waals surface area contributed by atoms with Crippen molar-refractivity contribution in [2.45, 2.75) is 264 Å². The minimum atomic E-state index is -4.71. The Kier molecular flexibility index (Phi) is 53.5. The Labute approximate surface area is 474 Å². The number of allylic oxidation sites excluding steroid dienone is 17. The number of hydrogen-bond acceptors (Lipinski definition) is 7. The molecule has 0 radical (unpaired) electrons. The van der Waals surface area contributed by atoms with Crippen molar-refractivity contribution in [1.29, 1.82) is 0 Å². The highest BCUT2D eigenvalue weighted by atomic mass is 31.2. The summed E-state index contributed by atoms with van der Waals surface area (Å²) in [7, 11) is 1.15. The van der Waals surface area contributed by atoms with Gasteiger partial charge in [0.05, 0.1) is 33.8 Å². The summed E-state index contributed by atoms with van der Waals surface area (Å²) in [5, 5.41) is 3.01. The van der Waals surface area contributed by atoms with Gasteiger partial charge in [-0.1, -0.05) is 233 Å². The molecule has 0 aliphatic heterocycles. The van der Waals surface area contributed by atoms with Gasteiger partial charge in [-0.2, -0.15) is 0 Å². The predicted octanol–water partition coefficient (Wildman–Crippen LogP) is 18.7. The lowest BCUT2D eigenvalue weighted by Crippen LogP contribution is -2.47. The number of phosphoric acid groups is 1. The van der Waals surface area contributed by atoms with Crippen molar-refractivity contribution < 1.29 is 37.3 Å². The van der Waals surface area contributed by atoms with E-state index in [4.69, 9.17) is 13.8 Å². The van der Waals surface area contributed by atoms with Gasteiger partial charge < -0.3 is 28.5 Å². The fourth-order valence-electron chi connectivity index (χ4n) is 8.38. The van der Waals surface area contributed by atoms with Crippen LogP contribution < -0.4 is 10.2 Å². The van der Waals surface area contributed by atoms with E-state index >= 15 is 0 Å². The lowest BCUT2D eigenvalue weighted by Gasteiger charge is -2.30. The highest BCUT2D eigenvalue weighted by Crippen LogP contribution is 2.38. The van der Waals surface area contributed by atoms with Crippen LogP contribution in [0.25, 0.3) is 0 Å². The van der Waals surface area contributed by atoms with Crippen LogP contribution in [0.2, 0.25) is 0 Å². The van der Waals surface area contributed by atoms with Gasteiger partial charge in [-0.3, -0.25) is 14.2 Å². The average molecular weight is 1090 g/mol. The number of esters is 1. The molecule has 0 saturated heterocycles. The van der Waals surface area contributed by atoms with E-state index < -0.39 is 26.6 Å². The summed E-state index contributed by atoms with van der Waals surface area (Å²) < 4.78 is 30.3. The number of likely N-dealkylation sites (N-methyl/N-ethyl adjacent to an activating group) is 1. The molecule has 0 fully saturated rings. The molecule has 0 aromatic rings. The van der Waals surface area contributed by atoms with Gasteiger partial charge in [0.2, 0.25) is 5.91 Å². The molecule has 9 nitrogen and oxygen atoms in total. The van der Waals surface area contributed by atoms with Crippen LogP contribution in [0.15, 0.2) is 109 Å². The number of quaternary nitrogens is 1. The van der Waals surface area contributed by atoms with Crippen LogP contribution in [-0.2, 0) is 27.9 Å². The Hall–Kier alpha value is -3.33. The number of rotatable bonds is 55. The number of nitrogens with zero attached hydrogens (tertiary/aromatic N) is 1. The summed E-state index contributed by atoms with van der Waals surface area (Å²) in [6, 6.07) is -0.913. The number of ether oxygens (including phenoxy) is 1. The van der Waals surface area contributed by atoms with E-state index in [9.17, 15) is 19.0 Å². The Morgan fingerprint density at radius 1 is 0.468 bits per heavy atom. The van der Waals surface area contributed by atoms with Crippen LogP contribution in [-0.4, -0.2) is 69.4 Å². The second-order valence-electron chi connectivity index (χ2n) is 21.8. The van der Waals surface area contributed by atoms with E-state index in [0.717, 1.165) is 116 Å². The van der Waals surface area contributed by atoms with Crippen molar-refractivity contribution in [3.63, 3.8) is 0 Å². The number of unbranched alkanes of at least 4 members (excludes halogenated alkanes) is 23. The van der Waals surface area contributed by atoms with Gasteiger partial charge in [0.25, 0.3) is 7.82 Å². The average Bonchev–Trinajstić information content (AvgIpc) is 3.39. The molecule has 77 heavy (non-hydrogen) atoms. The van der Waals surface area contributed by atoms with E-state index in [1.54, 1.807) is 0 Å². The van der Waals surface area contributed by atoms with Crippen LogP contribution in [0.3, 0.4) is 0 Å². The maximum Gasteiger partial charge on any atom is 0.306 e. The third-order valence-electron chi connectivity index (χ3n) is 13.2. The van der Waals surface area contributed by atoms with E-state index in [-0.39, 0.29) is 24.9 Å². The molecule has 0 aromatic heterocycles. The number of nitrogens with one attached hydrogen (secondary N) is 1. The maximum absolute atomic E-state index is 13.5. The Morgan fingerprint density at radius 3 is 1.29 bits per heavy atom. The van der Waals surface area contributed by atoms with Crippen LogP contribution in [0.4, 0.5) is 0 Å². The van der Waals surface area contributed by atoms with E-state index in [1.807, 2.05) is 33.3 Å². The predicted molar refractivity (Wildman–Crippen MR) is 330 cm³/mol. The molecular formula is C67H117N2O7P. The Bertz CT molecular complexity index is 1690. The summed E-state index contributed by atoms with van der Waals surface area (Å²) in [4.78, 5) is 40.0. The molecule has 0 heterocycles. The summed E-state index contributed by atoms with van der Waals surface area (Å²) in [5.41, 5.74) is 0. The topological polar surface area (TPSA) is 114 Å². The first kappa shape index (κ1) is 73.7. The van der Waals surface area contributed by atoms with Crippen molar-refractivity contribution in [3.05, 3.63) is 109 Å². The molecule has 0 bridgehead atoms. The van der Waals surface area contributed by atoms with E-state index in [0.29, 0.717) is 23.9 Å². The molecule has 0 spiro atoms. The zero-order valence-corrected chi connectivity index (χ0v) is 51.3. The van der Waals surface area contributed by atoms with E-state index in [2.05, 4.69) is 123 Å². The zero-order valence-electron chi connectivity index (χ0n) is 50.4. The number of hydrogen-bond donors (Lipinski definition) is 1. The minimum absolute atomic E-state index is 0.0350. The van der Waals surface area contributed by atoms with Gasteiger partial charge >= 0.3 is 5.97 Å². The lowest BCUT2D eigenvalue weighted by molar-refractivity contribution is -0.870. The molecule has 1 N–H and O–H groups in total. The molecule has 10 heteroatoms. The number of carbonyl (C=O) groups excluding carboxylic acids is 2. The van der Waals surface area contributed by atoms with Crippen molar-refractivity contribution in [3.8, 4) is 0 Å². The molecular weight excluding hydrogens is 976 g/mol. The first-order valence-corrected chi connectivity index (χ1v) is 32.7. The zero-order chi connectivity index (χ0) is 56.4. The fraction of sp³-hybridized carbons (Fsp3) is 0.701. The molecule has 0 aliphatic carbocycles. The molecule has 3 unspecified atom stereocenters. The highest BCUT2D eigenvalue weighted by molar-refractivity contribution is 7.45. The van der Waals surface area contributed by atoms with Gasteiger partial charge in [0.1, 0.15) is 19.3 Å². The molecule has 0 aliphatic rings. The van der Waals surface area contributed by atoms with E-state index in [1.165, 1.54) is 96.3 Å². The SMILES string of the molecule is CC/C=C\C/C=C\C/C=C\C/C=C\C/C=C\CCCCCC(=O)OC(/C=C/CCCCCCCCCCC)C(COP(=O)([O-])OCC[N+](C)(C)C)NC(=O)CCCCCCCCCC/C=C\C/C=C\C/C=C\CCCCC. The monoisotopic (exact) mass is 1090 g/mol. The number of carbonyl (C=O) groups is 2. The molecule has 0 rings (SSSR count). The summed E-state index contributed by atoms with van der Waals surface area (Å²) in [5.74, 6) is -0.593. The normalized spacial score (nSPS) is 14.4. The molecule has 0 aromatic carbocycles. The maximum atomic E-state index is 13.5. The third-order valence-corrected chi connectivity index (χ3v) is 14.2. The molecule has 0 saturated carbocycles. The van der Waals surface area contributed by atoms with Crippen LogP contribution in [0.5, 0.6) is 0 Å². The van der Waals surface area contributed by atoms with Crippen LogP contribution in [0.1, 0.15) is 252 Å². The molecule has 3 atom stereocenters. The van der Waals surface area contributed by atoms with Crippen molar-refractivity contribution in [1.82, 2.24) is 5.32 Å². The number of amides is 1. The first-order chi connectivity index (χ1) is 37.4. The molecule has 442 valence electrons. The minimum Gasteiger partial charge on any atom is -0.756 e. The van der Waals surface area contributed by atoms with Gasteiger partial charge in [-0.05, 0) is 115 Å². The van der Waals surface area contributed by atoms with Gasteiger partial charge in [0, 0.05) is 12.8 Å². The van der Waals surface area contributed by atoms with Gasteiger partial charge in [0.15, 0.2) is 0 Å². The summed E-state index contributed by atoms with van der Waals surface area (Å²) >= 11 is 0. The van der Waals surface area contributed by atoms with Crippen molar-refractivity contribution in [2.75, 3.05) is 40.9 Å². The standard InChI is InChI=1S/C67H117N2O7P/c1-7-10-13-16-19-22-25-27-29-31-33-34-36-37-39-41-44-47-50-53-56-59-66(70)68-64(63-75-77(72,73)74-62-61-69(4,5)6)65(58-55-52-49-46-43-24-21-18-15-12-9-3)76-67(71)60-57-54-51-48-45-42-40-38-35-32-30-28-26-23-20-17-14-11-8-2/h11,14,19-20,22-23,27-30,33-35,38,42,45,55,58,64-65H,7-10,12-13,15-18,21,24-26,31-32,36-37,39-41,43-44,46-54,56-57,59-63H2,1-6H3,(H-,68,70,72,73)/b14-11-,22-19-,23-20-,29-27-,30-28-,34-33-,38-35-,45-42-,58-55+. The smallest absolute Gasteiger partial charge is 0.306 e. The van der Waals surface area contributed by atoms with Crippen molar-refractivity contribution in [2.24, 2.45) is 0 Å². The van der Waals surface area contributed by atoms with Crippen LogP contribution >= 0.6 is 7.82 Å². The van der Waals surface area contributed by atoms with Gasteiger partial charge in [-0.25, -0.2) is 0 Å². The fourth-order valence-corrected chi connectivity index (χ4v) is 9.10. The number of phosphoric ester groups is 1. The molecule has 1 amide bonds. The van der Waals surface area contributed by atoms with Gasteiger partial charge in [-0.15, -0.1) is 0 Å². The second-order valence-corrected chi connectivity index (χ2v) is 23.2. The Balaban J connectivity index is 5.29. The second kappa shape index (κ2) is 56.0. The van der Waals surface area contributed by atoms with Crippen molar-refractivity contribution >= 4 is 19.7 Å². The summed E-state index contributed by atoms with van der Waals surface area (Å²) in [6.07, 6.45) is 76.2. The highest BCUT2D eigenvalue weighted by Gasteiger charge is 2.27. The Morgan fingerprint density at radius 2 is 0.831 bits per heavy atom. The quantitative estimate of drug-likeness (QED) is 0.0212.